The van der Waals surface area contributed by atoms with E-state index < -0.39 is 0 Å². The summed E-state index contributed by atoms with van der Waals surface area (Å²) in [7, 11) is 0. The molecule has 2 aromatic heterocycles. The summed E-state index contributed by atoms with van der Waals surface area (Å²) in [6.45, 7) is 6.09. The van der Waals surface area contributed by atoms with Crippen molar-refractivity contribution >= 4 is 27.1 Å². The normalized spacial score (nSPS) is 11.8. The maximum atomic E-state index is 12.6. The Hall–Kier alpha value is -1.68. The Morgan fingerprint density at radius 2 is 2.00 bits per heavy atom. The summed E-state index contributed by atoms with van der Waals surface area (Å²) >= 11 is 1.59. The van der Waals surface area contributed by atoms with Crippen LogP contribution in [0.15, 0.2) is 29.1 Å². The summed E-state index contributed by atoms with van der Waals surface area (Å²) in [5.74, 6) is 0.206. The van der Waals surface area contributed by atoms with Gasteiger partial charge in [-0.25, -0.2) is 4.52 Å². The predicted octanol–water partition coefficient (Wildman–Crippen LogP) is 3.34. The molecule has 2 heterocycles. The lowest BCUT2D eigenvalue weighted by atomic mass is 10.0. The number of para-hydroxylation sites is 1. The van der Waals surface area contributed by atoms with E-state index in [0.29, 0.717) is 0 Å². The molecule has 0 saturated heterocycles. The number of fused-ring (bicyclic) bond motifs is 3. The van der Waals surface area contributed by atoms with E-state index in [0.717, 1.165) is 26.3 Å². The maximum absolute atomic E-state index is 12.6. The first kappa shape index (κ1) is 11.4. The van der Waals surface area contributed by atoms with Crippen LogP contribution in [0.2, 0.25) is 0 Å². The van der Waals surface area contributed by atoms with Crippen LogP contribution in [0.3, 0.4) is 0 Å². The van der Waals surface area contributed by atoms with Gasteiger partial charge in [0.1, 0.15) is 9.84 Å². The van der Waals surface area contributed by atoms with Gasteiger partial charge in [0.25, 0.3) is 0 Å². The molecule has 0 aliphatic rings. The van der Waals surface area contributed by atoms with Crippen LogP contribution in [0.25, 0.3) is 15.7 Å². The Balaban J connectivity index is 2.66. The third-order valence-electron chi connectivity index (χ3n) is 3.11. The second-order valence-corrected chi connectivity index (χ2v) is 5.93. The van der Waals surface area contributed by atoms with Crippen LogP contribution in [0.5, 0.6) is 0 Å². The van der Waals surface area contributed by atoms with Crippen LogP contribution in [0.4, 0.5) is 0 Å². The summed E-state index contributed by atoms with van der Waals surface area (Å²) < 4.78 is 1.91. The van der Waals surface area contributed by atoms with Crippen molar-refractivity contribution in [3.05, 3.63) is 45.1 Å². The largest absolute Gasteiger partial charge is 0.289 e. The SMILES string of the molecule is Cc1nn2c(s1)c(C(C)C)c(=O)c1ccccc12. The fourth-order valence-corrected chi connectivity index (χ4v) is 3.39. The molecule has 0 radical (unpaired) electrons. The molecule has 0 saturated carbocycles. The minimum Gasteiger partial charge on any atom is -0.289 e. The first-order valence-electron chi connectivity index (χ1n) is 6.00. The summed E-state index contributed by atoms with van der Waals surface area (Å²) in [4.78, 5) is 13.5. The summed E-state index contributed by atoms with van der Waals surface area (Å²) in [6.07, 6.45) is 0. The number of hydrogen-bond acceptors (Lipinski definition) is 3. The Labute approximate surface area is 109 Å². The molecule has 0 aliphatic carbocycles. The summed E-state index contributed by atoms with van der Waals surface area (Å²) in [6, 6.07) is 7.68. The molecule has 0 bridgehead atoms. The van der Waals surface area contributed by atoms with Gasteiger partial charge in [0.2, 0.25) is 0 Å². The van der Waals surface area contributed by atoms with Gasteiger partial charge in [-0.1, -0.05) is 37.3 Å². The quantitative estimate of drug-likeness (QED) is 0.671. The smallest absolute Gasteiger partial charge is 0.194 e. The number of benzene rings is 1. The average Bonchev–Trinajstić information content (AvgIpc) is 2.70. The molecule has 0 unspecified atom stereocenters. The molecule has 0 atom stereocenters. The molecule has 18 heavy (non-hydrogen) atoms. The van der Waals surface area contributed by atoms with E-state index in [1.807, 2.05) is 35.7 Å². The molecule has 3 rings (SSSR count). The molecule has 0 aliphatic heterocycles. The highest BCUT2D eigenvalue weighted by Gasteiger charge is 2.17. The van der Waals surface area contributed by atoms with Crippen LogP contribution in [0.1, 0.15) is 30.3 Å². The van der Waals surface area contributed by atoms with Crippen molar-refractivity contribution in [3.8, 4) is 0 Å². The van der Waals surface area contributed by atoms with Gasteiger partial charge in [-0.15, -0.1) is 0 Å². The van der Waals surface area contributed by atoms with Crippen LogP contribution in [-0.4, -0.2) is 9.61 Å². The lowest BCUT2D eigenvalue weighted by molar-refractivity contribution is 0.854. The Morgan fingerprint density at radius 1 is 1.28 bits per heavy atom. The Morgan fingerprint density at radius 3 is 2.72 bits per heavy atom. The van der Waals surface area contributed by atoms with Gasteiger partial charge >= 0.3 is 0 Å². The molecule has 1 aromatic carbocycles. The van der Waals surface area contributed by atoms with Crippen LogP contribution < -0.4 is 5.43 Å². The minimum absolute atomic E-state index is 0.143. The van der Waals surface area contributed by atoms with E-state index in [1.165, 1.54) is 0 Å². The lowest BCUT2D eigenvalue weighted by Gasteiger charge is -2.08. The number of aromatic nitrogens is 2. The standard InChI is InChI=1S/C14H14N2OS/c1-8(2)12-13(17)10-6-4-5-7-11(10)16-14(12)18-9(3)15-16/h4-8H,1-3H3. The fourth-order valence-electron chi connectivity index (χ4n) is 2.32. The van der Waals surface area contributed by atoms with Gasteiger partial charge in [-0.3, -0.25) is 4.79 Å². The molecule has 92 valence electrons. The summed E-state index contributed by atoms with van der Waals surface area (Å²) in [5, 5.41) is 6.25. The van der Waals surface area contributed by atoms with Crippen molar-refractivity contribution in [2.45, 2.75) is 26.7 Å². The average molecular weight is 258 g/mol. The van der Waals surface area contributed by atoms with E-state index >= 15 is 0 Å². The lowest BCUT2D eigenvalue weighted by Crippen LogP contribution is -2.13. The minimum atomic E-state index is 0.143. The van der Waals surface area contributed by atoms with Gasteiger partial charge in [-0.2, -0.15) is 5.10 Å². The van der Waals surface area contributed by atoms with Gasteiger partial charge in [0.15, 0.2) is 5.43 Å². The third-order valence-corrected chi connectivity index (χ3v) is 4.07. The Bertz CT molecular complexity index is 799. The molecule has 3 nitrogen and oxygen atoms in total. The highest BCUT2D eigenvalue weighted by molar-refractivity contribution is 7.17. The zero-order valence-corrected chi connectivity index (χ0v) is 11.4. The van der Waals surface area contributed by atoms with E-state index in [4.69, 9.17) is 0 Å². The monoisotopic (exact) mass is 258 g/mol. The highest BCUT2D eigenvalue weighted by atomic mass is 32.1. The van der Waals surface area contributed by atoms with Crippen molar-refractivity contribution in [1.82, 2.24) is 9.61 Å². The number of aryl methyl sites for hydroxylation is 1. The maximum Gasteiger partial charge on any atom is 0.194 e. The number of nitrogens with zero attached hydrogens (tertiary/aromatic N) is 2. The molecule has 0 amide bonds. The van der Waals surface area contributed by atoms with Gasteiger partial charge < -0.3 is 0 Å². The third kappa shape index (κ3) is 1.49. The van der Waals surface area contributed by atoms with Crippen molar-refractivity contribution in [2.75, 3.05) is 0 Å². The fraction of sp³-hybridized carbons (Fsp3) is 0.286. The van der Waals surface area contributed by atoms with Gasteiger partial charge in [0, 0.05) is 10.9 Å². The second kappa shape index (κ2) is 3.92. The number of rotatable bonds is 1. The number of hydrogen-bond donors (Lipinski definition) is 0. The van der Waals surface area contributed by atoms with Gasteiger partial charge in [0.05, 0.1) is 5.52 Å². The zero-order valence-electron chi connectivity index (χ0n) is 10.6. The van der Waals surface area contributed by atoms with E-state index in [1.54, 1.807) is 11.3 Å². The second-order valence-electron chi connectivity index (χ2n) is 4.75. The molecule has 0 spiro atoms. The first-order valence-corrected chi connectivity index (χ1v) is 6.82. The van der Waals surface area contributed by atoms with Crippen molar-refractivity contribution in [2.24, 2.45) is 0 Å². The highest BCUT2D eigenvalue weighted by Crippen LogP contribution is 2.26. The van der Waals surface area contributed by atoms with Crippen molar-refractivity contribution in [1.29, 1.82) is 0 Å². The molecule has 4 heteroatoms. The van der Waals surface area contributed by atoms with Crippen molar-refractivity contribution in [3.63, 3.8) is 0 Å². The van der Waals surface area contributed by atoms with E-state index in [9.17, 15) is 4.79 Å². The molecule has 0 N–H and O–H groups in total. The molecule has 3 aromatic rings. The predicted molar refractivity (Wildman–Crippen MR) is 75.7 cm³/mol. The molecular weight excluding hydrogens is 244 g/mol. The number of pyridine rings is 1. The van der Waals surface area contributed by atoms with Gasteiger partial charge in [-0.05, 0) is 25.0 Å². The van der Waals surface area contributed by atoms with Crippen molar-refractivity contribution < 1.29 is 0 Å². The zero-order chi connectivity index (χ0) is 12.9. The van der Waals surface area contributed by atoms with E-state index in [-0.39, 0.29) is 11.3 Å². The van der Waals surface area contributed by atoms with Crippen LogP contribution in [-0.2, 0) is 0 Å². The van der Waals surface area contributed by atoms with Crippen LogP contribution >= 0.6 is 11.3 Å². The molecule has 0 fully saturated rings. The summed E-state index contributed by atoms with van der Waals surface area (Å²) in [5.41, 5.74) is 1.91. The first-order chi connectivity index (χ1) is 8.59. The molecular formula is C14H14N2OS. The topological polar surface area (TPSA) is 34.4 Å². The Kier molecular flexibility index (Phi) is 2.48. The van der Waals surface area contributed by atoms with E-state index in [2.05, 4.69) is 18.9 Å². The van der Waals surface area contributed by atoms with Crippen LogP contribution in [0, 0.1) is 6.92 Å².